The fourth-order valence-electron chi connectivity index (χ4n) is 2.97. The van der Waals surface area contributed by atoms with Gasteiger partial charge in [0.15, 0.2) is 0 Å². The molecular weight excluding hydrogens is 280 g/mol. The van der Waals surface area contributed by atoms with Crippen molar-refractivity contribution in [3.8, 4) is 5.75 Å². The van der Waals surface area contributed by atoms with Crippen molar-refractivity contribution in [2.75, 3.05) is 27.3 Å². The number of hydrogen-bond acceptors (Lipinski definition) is 4. The average molecular weight is 306 g/mol. The van der Waals surface area contributed by atoms with Crippen molar-refractivity contribution in [3.63, 3.8) is 0 Å². The van der Waals surface area contributed by atoms with Gasteiger partial charge in [-0.05, 0) is 37.0 Å². The molecule has 1 aromatic rings. The molecule has 0 aromatic heterocycles. The molecule has 0 radical (unpaired) electrons. The summed E-state index contributed by atoms with van der Waals surface area (Å²) in [4.78, 5) is 14.4. The third kappa shape index (κ3) is 4.21. The number of amides is 1. The smallest absolute Gasteiger partial charge is 0.223 e. The summed E-state index contributed by atoms with van der Waals surface area (Å²) in [6.07, 6.45) is 3.20. The maximum atomic E-state index is 12.5. The molecule has 1 aromatic carbocycles. The Bertz CT molecular complexity index is 475. The van der Waals surface area contributed by atoms with Gasteiger partial charge in [0.25, 0.3) is 0 Å². The molecule has 1 aliphatic heterocycles. The van der Waals surface area contributed by atoms with E-state index in [1.807, 2.05) is 29.2 Å². The SMILES string of the molecule is COc1ccc(CCC(=O)N2CCC(OC)CC2CN)cc1. The molecule has 0 spiro atoms. The lowest BCUT2D eigenvalue weighted by molar-refractivity contribution is -0.136. The molecule has 2 unspecified atom stereocenters. The summed E-state index contributed by atoms with van der Waals surface area (Å²) in [5.74, 6) is 1.01. The highest BCUT2D eigenvalue weighted by Gasteiger charge is 2.30. The van der Waals surface area contributed by atoms with Gasteiger partial charge < -0.3 is 20.1 Å². The number of likely N-dealkylation sites (tertiary alicyclic amines) is 1. The topological polar surface area (TPSA) is 64.8 Å². The summed E-state index contributed by atoms with van der Waals surface area (Å²) in [7, 11) is 3.37. The van der Waals surface area contributed by atoms with E-state index in [0.29, 0.717) is 13.0 Å². The number of carbonyl (C=O) groups excluding carboxylic acids is 1. The van der Waals surface area contributed by atoms with Crippen molar-refractivity contribution in [2.24, 2.45) is 5.73 Å². The monoisotopic (exact) mass is 306 g/mol. The first-order valence-corrected chi connectivity index (χ1v) is 7.83. The Morgan fingerprint density at radius 2 is 2.05 bits per heavy atom. The van der Waals surface area contributed by atoms with E-state index in [4.69, 9.17) is 15.2 Å². The molecule has 122 valence electrons. The van der Waals surface area contributed by atoms with Gasteiger partial charge in [-0.3, -0.25) is 4.79 Å². The summed E-state index contributed by atoms with van der Waals surface area (Å²) in [6.45, 7) is 1.23. The van der Waals surface area contributed by atoms with Crippen LogP contribution in [0.5, 0.6) is 5.75 Å². The number of piperidine rings is 1. The molecule has 22 heavy (non-hydrogen) atoms. The zero-order chi connectivity index (χ0) is 15.9. The standard InChI is InChI=1S/C17H26N2O3/c1-21-15-6-3-13(4-7-15)5-8-17(20)19-10-9-16(22-2)11-14(19)12-18/h3-4,6-7,14,16H,5,8-12,18H2,1-2H3. The first-order chi connectivity index (χ1) is 10.7. The normalized spacial score (nSPS) is 21.7. The van der Waals surface area contributed by atoms with E-state index in [9.17, 15) is 4.79 Å². The predicted molar refractivity (Wildman–Crippen MR) is 85.9 cm³/mol. The number of nitrogens with zero attached hydrogens (tertiary/aromatic N) is 1. The molecule has 0 saturated carbocycles. The van der Waals surface area contributed by atoms with E-state index in [0.717, 1.165) is 37.1 Å². The highest BCUT2D eigenvalue weighted by Crippen LogP contribution is 2.21. The first-order valence-electron chi connectivity index (χ1n) is 7.83. The fourth-order valence-corrected chi connectivity index (χ4v) is 2.97. The number of aryl methyl sites for hydroxylation is 1. The van der Waals surface area contributed by atoms with Crippen LogP contribution in [0.4, 0.5) is 0 Å². The first kappa shape index (κ1) is 16.8. The van der Waals surface area contributed by atoms with Crippen LogP contribution in [0, 0.1) is 0 Å². The summed E-state index contributed by atoms with van der Waals surface area (Å²) in [6, 6.07) is 7.95. The molecule has 1 saturated heterocycles. The van der Waals surface area contributed by atoms with Gasteiger partial charge >= 0.3 is 0 Å². The van der Waals surface area contributed by atoms with Crippen LogP contribution in [0.2, 0.25) is 0 Å². The van der Waals surface area contributed by atoms with E-state index < -0.39 is 0 Å². The Labute approximate surface area is 132 Å². The van der Waals surface area contributed by atoms with Gasteiger partial charge in [0.1, 0.15) is 5.75 Å². The van der Waals surface area contributed by atoms with Crippen LogP contribution >= 0.6 is 0 Å². The van der Waals surface area contributed by atoms with Crippen molar-refractivity contribution in [1.82, 2.24) is 4.90 Å². The second kappa shape index (κ2) is 8.15. The van der Waals surface area contributed by atoms with Crippen LogP contribution in [-0.2, 0) is 16.0 Å². The molecule has 2 rings (SSSR count). The van der Waals surface area contributed by atoms with Crippen molar-refractivity contribution in [3.05, 3.63) is 29.8 Å². The van der Waals surface area contributed by atoms with Crippen molar-refractivity contribution in [1.29, 1.82) is 0 Å². The maximum absolute atomic E-state index is 12.5. The van der Waals surface area contributed by atoms with Crippen LogP contribution in [-0.4, -0.2) is 50.3 Å². The lowest BCUT2D eigenvalue weighted by Crippen LogP contribution is -2.51. The molecule has 1 amide bonds. The van der Waals surface area contributed by atoms with Gasteiger partial charge in [0, 0.05) is 32.7 Å². The van der Waals surface area contributed by atoms with Crippen LogP contribution in [0.1, 0.15) is 24.8 Å². The Morgan fingerprint density at radius 1 is 1.32 bits per heavy atom. The summed E-state index contributed by atoms with van der Waals surface area (Å²) in [5.41, 5.74) is 6.97. The lowest BCUT2D eigenvalue weighted by atomic mass is 9.98. The van der Waals surface area contributed by atoms with E-state index in [-0.39, 0.29) is 18.1 Å². The quantitative estimate of drug-likeness (QED) is 0.867. The maximum Gasteiger partial charge on any atom is 0.223 e. The van der Waals surface area contributed by atoms with Crippen LogP contribution in [0.25, 0.3) is 0 Å². The molecular formula is C17H26N2O3. The third-order valence-corrected chi connectivity index (χ3v) is 4.38. The Hall–Kier alpha value is -1.59. The second-order valence-corrected chi connectivity index (χ2v) is 5.71. The molecule has 1 heterocycles. The zero-order valence-electron chi connectivity index (χ0n) is 13.5. The molecule has 0 aliphatic carbocycles. The van der Waals surface area contributed by atoms with E-state index in [1.54, 1.807) is 14.2 Å². The number of hydrogen-bond donors (Lipinski definition) is 1. The van der Waals surface area contributed by atoms with Gasteiger partial charge in [0.05, 0.1) is 13.2 Å². The van der Waals surface area contributed by atoms with Crippen molar-refractivity contribution >= 4 is 5.91 Å². The van der Waals surface area contributed by atoms with Gasteiger partial charge in [-0.15, -0.1) is 0 Å². The van der Waals surface area contributed by atoms with Gasteiger partial charge in [0.2, 0.25) is 5.91 Å². The summed E-state index contributed by atoms with van der Waals surface area (Å²) >= 11 is 0. The Morgan fingerprint density at radius 3 is 2.64 bits per heavy atom. The number of methoxy groups -OCH3 is 2. The average Bonchev–Trinajstić information content (AvgIpc) is 2.59. The lowest BCUT2D eigenvalue weighted by Gasteiger charge is -2.38. The third-order valence-electron chi connectivity index (χ3n) is 4.38. The second-order valence-electron chi connectivity index (χ2n) is 5.71. The molecule has 2 atom stereocenters. The molecule has 1 aliphatic rings. The van der Waals surface area contributed by atoms with Gasteiger partial charge in [-0.2, -0.15) is 0 Å². The molecule has 5 nitrogen and oxygen atoms in total. The van der Waals surface area contributed by atoms with Crippen LogP contribution < -0.4 is 10.5 Å². The predicted octanol–water partition coefficient (Wildman–Crippen LogP) is 1.59. The van der Waals surface area contributed by atoms with Crippen molar-refractivity contribution < 1.29 is 14.3 Å². The highest BCUT2D eigenvalue weighted by atomic mass is 16.5. The summed E-state index contributed by atoms with van der Waals surface area (Å²) < 4.78 is 10.5. The fraction of sp³-hybridized carbons (Fsp3) is 0.588. The Balaban J connectivity index is 1.87. The van der Waals surface area contributed by atoms with Gasteiger partial charge in [-0.1, -0.05) is 12.1 Å². The minimum absolute atomic E-state index is 0.0991. The minimum Gasteiger partial charge on any atom is -0.497 e. The summed E-state index contributed by atoms with van der Waals surface area (Å²) in [5, 5.41) is 0. The van der Waals surface area contributed by atoms with Crippen molar-refractivity contribution in [2.45, 2.75) is 37.8 Å². The minimum atomic E-state index is 0.0991. The number of rotatable bonds is 6. The van der Waals surface area contributed by atoms with E-state index in [1.165, 1.54) is 0 Å². The number of nitrogens with two attached hydrogens (primary N) is 1. The van der Waals surface area contributed by atoms with Gasteiger partial charge in [-0.25, -0.2) is 0 Å². The number of ether oxygens (including phenoxy) is 2. The highest BCUT2D eigenvalue weighted by molar-refractivity contribution is 5.77. The largest absolute Gasteiger partial charge is 0.497 e. The van der Waals surface area contributed by atoms with E-state index in [2.05, 4.69) is 0 Å². The number of carbonyl (C=O) groups is 1. The number of benzene rings is 1. The zero-order valence-corrected chi connectivity index (χ0v) is 13.5. The molecule has 1 fully saturated rings. The molecule has 0 bridgehead atoms. The van der Waals surface area contributed by atoms with Crippen LogP contribution in [0.3, 0.4) is 0 Å². The van der Waals surface area contributed by atoms with Crippen LogP contribution in [0.15, 0.2) is 24.3 Å². The Kier molecular flexibility index (Phi) is 6.21. The molecule has 5 heteroatoms. The molecule has 2 N–H and O–H groups in total. The van der Waals surface area contributed by atoms with E-state index >= 15 is 0 Å².